The van der Waals surface area contributed by atoms with Crippen LogP contribution in [0.5, 0.6) is 0 Å². The van der Waals surface area contributed by atoms with Crippen molar-refractivity contribution in [2.24, 2.45) is 0 Å². The summed E-state index contributed by atoms with van der Waals surface area (Å²) in [6, 6.07) is 14.2. The van der Waals surface area contributed by atoms with Gasteiger partial charge in [-0.3, -0.25) is 4.79 Å². The van der Waals surface area contributed by atoms with Gasteiger partial charge in [0.1, 0.15) is 24.1 Å². The zero-order valence-electron chi connectivity index (χ0n) is 18.4. The molecule has 10 heteroatoms. The van der Waals surface area contributed by atoms with Gasteiger partial charge in [0.15, 0.2) is 0 Å². The van der Waals surface area contributed by atoms with Crippen LogP contribution in [0.4, 0.5) is 4.79 Å². The maximum absolute atomic E-state index is 13.1. The predicted molar refractivity (Wildman–Crippen MR) is 120 cm³/mol. The van der Waals surface area contributed by atoms with Crippen LogP contribution in [-0.2, 0) is 30.4 Å². The molecule has 2 aromatic rings. The summed E-state index contributed by atoms with van der Waals surface area (Å²) in [5, 5.41) is 2.16. The van der Waals surface area contributed by atoms with E-state index < -0.39 is 52.4 Å². The second-order valence-electron chi connectivity index (χ2n) is 8.71. The van der Waals surface area contributed by atoms with E-state index >= 15 is 0 Å². The Bertz CT molecular complexity index is 1170. The number of thioether (sulfide) groups is 1. The van der Waals surface area contributed by atoms with E-state index in [4.69, 9.17) is 14.2 Å². The Morgan fingerprint density at radius 1 is 1.09 bits per heavy atom. The van der Waals surface area contributed by atoms with E-state index in [9.17, 15) is 19.2 Å². The zero-order valence-corrected chi connectivity index (χ0v) is 19.2. The lowest BCUT2D eigenvalue weighted by Gasteiger charge is -2.43. The first kappa shape index (κ1) is 22.3. The molecule has 9 nitrogen and oxygen atoms in total. The van der Waals surface area contributed by atoms with Crippen molar-refractivity contribution in [2.75, 3.05) is 0 Å². The van der Waals surface area contributed by atoms with Gasteiger partial charge in [-0.1, -0.05) is 48.5 Å². The van der Waals surface area contributed by atoms with Crippen LogP contribution in [0.25, 0.3) is 0 Å². The largest absolute Gasteiger partial charge is 0.445 e. The number of β-lactam (4-membered cyclic amide) rings is 1. The Morgan fingerprint density at radius 2 is 1.79 bits per heavy atom. The van der Waals surface area contributed by atoms with E-state index in [1.807, 2.05) is 44.2 Å². The number of nitrogens with zero attached hydrogens (tertiary/aromatic N) is 1. The molecule has 5 rings (SSSR count). The van der Waals surface area contributed by atoms with Gasteiger partial charge in [-0.05, 0) is 25.5 Å². The summed E-state index contributed by atoms with van der Waals surface area (Å²) in [5.41, 5.74) is 1.64. The van der Waals surface area contributed by atoms with Gasteiger partial charge in [0.05, 0.1) is 5.56 Å². The highest BCUT2D eigenvalue weighted by molar-refractivity contribution is 8.01. The molecule has 34 heavy (non-hydrogen) atoms. The molecule has 2 amide bonds. The second kappa shape index (κ2) is 8.35. The first-order valence-corrected chi connectivity index (χ1v) is 11.6. The molecule has 4 atom stereocenters. The maximum Gasteiger partial charge on any atom is 0.408 e. The SMILES string of the molecule is CC1(C)S[C@@H]2C(NC(=O)OCc3ccccc3)C(=O)N2[C@H]1C(=O)OC1OC(=O)c2ccccc21. The standard InChI is InChI=1S/C24H22N2O7S/c1-24(2)17(21(29)33-22-15-11-7-6-10-14(15)20(28)32-22)26-18(27)16(19(26)34-24)25-23(30)31-12-13-8-4-3-5-9-13/h3-11,16-17,19,22H,12H2,1-2H3,(H,25,30)/t16?,17-,19+,22?/m0/s1. The van der Waals surface area contributed by atoms with Crippen LogP contribution >= 0.6 is 11.8 Å². The molecule has 3 aliphatic heterocycles. The number of alkyl carbamates (subject to hydrolysis) is 1. The van der Waals surface area contributed by atoms with Crippen LogP contribution in [0.15, 0.2) is 54.6 Å². The number of ether oxygens (including phenoxy) is 3. The lowest BCUT2D eigenvalue weighted by atomic mass is 9.96. The molecule has 0 aromatic heterocycles. The summed E-state index contributed by atoms with van der Waals surface area (Å²) in [6.45, 7) is 3.74. The summed E-state index contributed by atoms with van der Waals surface area (Å²) in [7, 11) is 0. The first-order valence-electron chi connectivity index (χ1n) is 10.7. The molecule has 0 aliphatic carbocycles. The zero-order chi connectivity index (χ0) is 24.0. The Morgan fingerprint density at radius 3 is 2.56 bits per heavy atom. The number of nitrogens with one attached hydrogen (secondary N) is 1. The summed E-state index contributed by atoms with van der Waals surface area (Å²) < 4.78 is 15.3. The lowest BCUT2D eigenvalue weighted by Crippen LogP contribution is -2.70. The quantitative estimate of drug-likeness (QED) is 0.512. The number of rotatable bonds is 5. The third-order valence-electron chi connectivity index (χ3n) is 6.02. The number of benzene rings is 2. The number of fused-ring (bicyclic) bond motifs is 2. The minimum atomic E-state index is -1.16. The van der Waals surface area contributed by atoms with Crippen LogP contribution in [0, 0.1) is 0 Å². The molecular formula is C24H22N2O7S. The number of cyclic esters (lactones) is 1. The topological polar surface area (TPSA) is 111 Å². The highest BCUT2D eigenvalue weighted by atomic mass is 32.2. The minimum Gasteiger partial charge on any atom is -0.445 e. The van der Waals surface area contributed by atoms with Crippen molar-refractivity contribution < 1.29 is 33.4 Å². The molecule has 0 bridgehead atoms. The van der Waals surface area contributed by atoms with Gasteiger partial charge >= 0.3 is 18.0 Å². The fraction of sp³-hybridized carbons (Fsp3) is 0.333. The fourth-order valence-electron chi connectivity index (χ4n) is 4.39. The van der Waals surface area contributed by atoms with Crippen molar-refractivity contribution in [1.82, 2.24) is 10.2 Å². The van der Waals surface area contributed by atoms with E-state index in [0.29, 0.717) is 11.1 Å². The first-order chi connectivity index (χ1) is 16.3. The molecule has 176 valence electrons. The van der Waals surface area contributed by atoms with Gasteiger partial charge in [-0.15, -0.1) is 11.8 Å². The average molecular weight is 483 g/mol. The summed E-state index contributed by atoms with van der Waals surface area (Å²) >= 11 is 1.39. The molecule has 2 fully saturated rings. The number of carbonyl (C=O) groups is 4. The van der Waals surface area contributed by atoms with Crippen molar-refractivity contribution in [3.05, 3.63) is 71.3 Å². The molecule has 2 unspecified atom stereocenters. The van der Waals surface area contributed by atoms with E-state index in [0.717, 1.165) is 5.56 Å². The maximum atomic E-state index is 13.1. The van der Waals surface area contributed by atoms with Gasteiger partial charge in [-0.2, -0.15) is 0 Å². The number of esters is 2. The van der Waals surface area contributed by atoms with Gasteiger partial charge in [0.2, 0.25) is 5.91 Å². The van der Waals surface area contributed by atoms with E-state index in [2.05, 4.69) is 5.32 Å². The van der Waals surface area contributed by atoms with Crippen molar-refractivity contribution in [3.8, 4) is 0 Å². The summed E-state index contributed by atoms with van der Waals surface area (Å²) in [4.78, 5) is 51.7. The van der Waals surface area contributed by atoms with Crippen LogP contribution in [-0.4, -0.2) is 51.0 Å². The molecule has 3 aliphatic rings. The lowest BCUT2D eigenvalue weighted by molar-refractivity contribution is -0.180. The third kappa shape index (κ3) is 3.77. The van der Waals surface area contributed by atoms with E-state index in [-0.39, 0.29) is 6.61 Å². The molecule has 0 spiro atoms. The predicted octanol–water partition coefficient (Wildman–Crippen LogP) is 2.76. The van der Waals surface area contributed by atoms with Crippen molar-refractivity contribution in [1.29, 1.82) is 0 Å². The number of hydrogen-bond acceptors (Lipinski definition) is 8. The van der Waals surface area contributed by atoms with Gasteiger partial charge in [0.25, 0.3) is 6.29 Å². The Labute approximate surface area is 199 Å². The molecule has 2 aromatic carbocycles. The summed E-state index contributed by atoms with van der Waals surface area (Å²) in [5.74, 6) is -1.64. The number of amides is 2. The minimum absolute atomic E-state index is 0.0805. The Kier molecular flexibility index (Phi) is 5.47. The highest BCUT2D eigenvalue weighted by Crippen LogP contribution is 2.51. The highest BCUT2D eigenvalue weighted by Gasteiger charge is 2.65. The van der Waals surface area contributed by atoms with Crippen LogP contribution < -0.4 is 5.32 Å². The van der Waals surface area contributed by atoms with Crippen LogP contribution in [0.3, 0.4) is 0 Å². The normalized spacial score (nSPS) is 26.1. The van der Waals surface area contributed by atoms with E-state index in [1.54, 1.807) is 24.3 Å². The van der Waals surface area contributed by atoms with Crippen LogP contribution in [0.1, 0.15) is 41.6 Å². The van der Waals surface area contributed by atoms with Gasteiger partial charge in [-0.25, -0.2) is 14.4 Å². The fourth-order valence-corrected chi connectivity index (χ4v) is 6.01. The molecule has 0 radical (unpaired) electrons. The Hall–Kier alpha value is -3.53. The number of carbonyl (C=O) groups excluding carboxylic acids is 4. The van der Waals surface area contributed by atoms with Gasteiger partial charge < -0.3 is 24.4 Å². The Balaban J connectivity index is 1.23. The van der Waals surface area contributed by atoms with E-state index in [1.165, 1.54) is 16.7 Å². The van der Waals surface area contributed by atoms with Crippen molar-refractivity contribution in [3.63, 3.8) is 0 Å². The molecular weight excluding hydrogens is 460 g/mol. The molecule has 2 saturated heterocycles. The number of hydrogen-bond donors (Lipinski definition) is 1. The third-order valence-corrected chi connectivity index (χ3v) is 7.59. The summed E-state index contributed by atoms with van der Waals surface area (Å²) in [6.07, 6.45) is -1.87. The van der Waals surface area contributed by atoms with Crippen molar-refractivity contribution in [2.45, 2.75) is 48.9 Å². The van der Waals surface area contributed by atoms with Gasteiger partial charge in [0, 0.05) is 10.3 Å². The molecule has 0 saturated carbocycles. The average Bonchev–Trinajstić information content (AvgIpc) is 3.27. The smallest absolute Gasteiger partial charge is 0.408 e. The second-order valence-corrected chi connectivity index (χ2v) is 10.5. The van der Waals surface area contributed by atoms with Crippen molar-refractivity contribution >= 4 is 35.7 Å². The monoisotopic (exact) mass is 482 g/mol. The molecule has 3 heterocycles. The van der Waals surface area contributed by atoms with Crippen LogP contribution in [0.2, 0.25) is 0 Å². The molecule has 1 N–H and O–H groups in total.